The van der Waals surface area contributed by atoms with Crippen molar-refractivity contribution in [3.63, 3.8) is 0 Å². The number of hydrogen-bond donors (Lipinski definition) is 3. The number of aromatic nitrogens is 1. The van der Waals surface area contributed by atoms with Crippen LogP contribution >= 0.6 is 11.6 Å². The maximum absolute atomic E-state index is 12.2. The second-order valence-electron chi connectivity index (χ2n) is 6.14. The zero-order chi connectivity index (χ0) is 20.7. The molecular formula is C20H19ClN4O3S. The van der Waals surface area contributed by atoms with Gasteiger partial charge in [0.25, 0.3) is 0 Å². The Morgan fingerprint density at radius 1 is 0.931 bits per heavy atom. The van der Waals surface area contributed by atoms with Gasteiger partial charge in [-0.2, -0.15) is 0 Å². The molecule has 3 rings (SSSR count). The van der Waals surface area contributed by atoms with E-state index in [9.17, 15) is 13.2 Å². The SMILES string of the molecule is O=C(NCc1ccc(Cl)cc1)Nc1ccc(CNS(=O)(=O)c2cccnc2)cc1. The van der Waals surface area contributed by atoms with E-state index in [0.29, 0.717) is 17.3 Å². The smallest absolute Gasteiger partial charge is 0.319 e. The molecule has 0 radical (unpaired) electrons. The van der Waals surface area contributed by atoms with E-state index in [-0.39, 0.29) is 17.5 Å². The van der Waals surface area contributed by atoms with Crippen LogP contribution in [-0.2, 0) is 23.1 Å². The fourth-order valence-electron chi connectivity index (χ4n) is 2.43. The van der Waals surface area contributed by atoms with Crippen LogP contribution in [0.3, 0.4) is 0 Å². The highest BCUT2D eigenvalue weighted by molar-refractivity contribution is 7.89. The summed E-state index contributed by atoms with van der Waals surface area (Å²) in [6, 6.07) is 16.8. The summed E-state index contributed by atoms with van der Waals surface area (Å²) in [5.41, 5.74) is 2.28. The van der Waals surface area contributed by atoms with Crippen LogP contribution in [0.15, 0.2) is 78.0 Å². The lowest BCUT2D eigenvalue weighted by Gasteiger charge is -2.09. The van der Waals surface area contributed by atoms with Crippen molar-refractivity contribution >= 4 is 33.3 Å². The molecule has 1 aromatic heterocycles. The van der Waals surface area contributed by atoms with Crippen molar-refractivity contribution in [2.75, 3.05) is 5.32 Å². The van der Waals surface area contributed by atoms with Gasteiger partial charge in [0.15, 0.2) is 0 Å². The molecule has 0 fully saturated rings. The predicted octanol–water partition coefficient (Wildman–Crippen LogP) is 3.54. The van der Waals surface area contributed by atoms with E-state index in [1.165, 1.54) is 18.5 Å². The molecule has 0 aliphatic carbocycles. The lowest BCUT2D eigenvalue weighted by atomic mass is 10.2. The molecule has 0 aliphatic heterocycles. The van der Waals surface area contributed by atoms with Gasteiger partial charge in [0.2, 0.25) is 10.0 Å². The number of carbonyl (C=O) groups is 1. The highest BCUT2D eigenvalue weighted by Gasteiger charge is 2.13. The van der Waals surface area contributed by atoms with Gasteiger partial charge in [0.1, 0.15) is 4.90 Å². The second kappa shape index (κ2) is 9.51. The Morgan fingerprint density at radius 2 is 1.59 bits per heavy atom. The van der Waals surface area contributed by atoms with Gasteiger partial charge in [0.05, 0.1) is 0 Å². The minimum absolute atomic E-state index is 0.107. The first-order chi connectivity index (χ1) is 13.9. The number of sulfonamides is 1. The normalized spacial score (nSPS) is 11.1. The van der Waals surface area contributed by atoms with E-state index in [1.54, 1.807) is 42.5 Å². The predicted molar refractivity (Wildman–Crippen MR) is 112 cm³/mol. The van der Waals surface area contributed by atoms with Crippen LogP contribution in [-0.4, -0.2) is 19.4 Å². The van der Waals surface area contributed by atoms with Crippen molar-refractivity contribution in [2.45, 2.75) is 18.0 Å². The molecule has 0 saturated carbocycles. The highest BCUT2D eigenvalue weighted by atomic mass is 35.5. The quantitative estimate of drug-likeness (QED) is 0.533. The standard InChI is InChI=1S/C20H19ClN4O3S/c21-17-7-3-15(4-8-17)12-23-20(26)25-18-9-5-16(6-10-18)13-24-29(27,28)19-2-1-11-22-14-19/h1-11,14,24H,12-13H2,(H2,23,25,26). The molecule has 150 valence electrons. The molecule has 0 unspecified atom stereocenters. The van der Waals surface area contributed by atoms with E-state index < -0.39 is 10.0 Å². The minimum atomic E-state index is -3.62. The van der Waals surface area contributed by atoms with E-state index in [2.05, 4.69) is 20.3 Å². The second-order valence-corrected chi connectivity index (χ2v) is 8.35. The number of hydrogen-bond acceptors (Lipinski definition) is 4. The Morgan fingerprint density at radius 3 is 2.24 bits per heavy atom. The average Bonchev–Trinajstić information content (AvgIpc) is 2.73. The number of nitrogens with one attached hydrogen (secondary N) is 3. The Labute approximate surface area is 174 Å². The van der Waals surface area contributed by atoms with Crippen LogP contribution < -0.4 is 15.4 Å². The first-order valence-electron chi connectivity index (χ1n) is 8.70. The van der Waals surface area contributed by atoms with E-state index >= 15 is 0 Å². The summed E-state index contributed by atoms with van der Waals surface area (Å²) in [6.07, 6.45) is 2.80. The van der Waals surface area contributed by atoms with Gasteiger partial charge < -0.3 is 10.6 Å². The lowest BCUT2D eigenvalue weighted by Crippen LogP contribution is -2.28. The summed E-state index contributed by atoms with van der Waals surface area (Å²) >= 11 is 5.83. The third-order valence-electron chi connectivity index (χ3n) is 3.99. The Kier molecular flexibility index (Phi) is 6.82. The summed E-state index contributed by atoms with van der Waals surface area (Å²) in [4.78, 5) is 15.9. The van der Waals surface area contributed by atoms with E-state index in [1.807, 2.05) is 12.1 Å². The number of urea groups is 1. The molecule has 0 bridgehead atoms. The van der Waals surface area contributed by atoms with Gasteiger partial charge in [-0.1, -0.05) is 35.9 Å². The van der Waals surface area contributed by atoms with Crippen molar-refractivity contribution in [3.8, 4) is 0 Å². The topological polar surface area (TPSA) is 100 Å². The third kappa shape index (κ3) is 6.28. The van der Waals surface area contributed by atoms with Crippen molar-refractivity contribution in [1.29, 1.82) is 0 Å². The molecule has 0 atom stereocenters. The molecule has 29 heavy (non-hydrogen) atoms. The van der Waals surface area contributed by atoms with E-state index in [0.717, 1.165) is 11.1 Å². The number of rotatable bonds is 7. The van der Waals surface area contributed by atoms with Crippen molar-refractivity contribution in [2.24, 2.45) is 0 Å². The maximum Gasteiger partial charge on any atom is 0.319 e. The third-order valence-corrected chi connectivity index (χ3v) is 5.63. The summed E-state index contributed by atoms with van der Waals surface area (Å²) in [5.74, 6) is 0. The number of halogens is 1. The van der Waals surface area contributed by atoms with E-state index in [4.69, 9.17) is 11.6 Å². The number of nitrogens with zero attached hydrogens (tertiary/aromatic N) is 1. The van der Waals surface area contributed by atoms with Gasteiger partial charge in [0, 0.05) is 36.2 Å². The van der Waals surface area contributed by atoms with Crippen LogP contribution in [0.1, 0.15) is 11.1 Å². The van der Waals surface area contributed by atoms with Gasteiger partial charge >= 0.3 is 6.03 Å². The summed E-state index contributed by atoms with van der Waals surface area (Å²) in [7, 11) is -3.62. The highest BCUT2D eigenvalue weighted by Crippen LogP contribution is 2.12. The molecule has 0 aliphatic rings. The molecule has 0 saturated heterocycles. The molecule has 0 spiro atoms. The molecule has 2 amide bonds. The van der Waals surface area contributed by atoms with Crippen molar-refractivity contribution in [3.05, 3.63) is 89.2 Å². The van der Waals surface area contributed by atoms with Crippen LogP contribution in [0.2, 0.25) is 5.02 Å². The van der Waals surface area contributed by atoms with Crippen LogP contribution in [0.4, 0.5) is 10.5 Å². The summed E-state index contributed by atoms with van der Waals surface area (Å²) < 4.78 is 26.9. The van der Waals surface area contributed by atoms with Gasteiger partial charge in [-0.25, -0.2) is 17.9 Å². The Bertz CT molecular complexity index is 1060. The van der Waals surface area contributed by atoms with Crippen LogP contribution in [0.5, 0.6) is 0 Å². The molecule has 3 N–H and O–H groups in total. The molecule has 2 aromatic carbocycles. The molecule has 9 heteroatoms. The van der Waals surface area contributed by atoms with Gasteiger partial charge in [-0.3, -0.25) is 4.98 Å². The molecular weight excluding hydrogens is 412 g/mol. The first kappa shape index (κ1) is 20.8. The zero-order valence-electron chi connectivity index (χ0n) is 15.3. The van der Waals surface area contributed by atoms with Gasteiger partial charge in [-0.15, -0.1) is 0 Å². The number of pyridine rings is 1. The summed E-state index contributed by atoms with van der Waals surface area (Å²) in [5, 5.41) is 6.12. The zero-order valence-corrected chi connectivity index (χ0v) is 16.9. The molecule has 3 aromatic rings. The summed E-state index contributed by atoms with van der Waals surface area (Å²) in [6.45, 7) is 0.497. The monoisotopic (exact) mass is 430 g/mol. The molecule has 1 heterocycles. The van der Waals surface area contributed by atoms with Crippen LogP contribution in [0, 0.1) is 0 Å². The van der Waals surface area contributed by atoms with Crippen LogP contribution in [0.25, 0.3) is 0 Å². The average molecular weight is 431 g/mol. The van der Waals surface area contributed by atoms with Gasteiger partial charge in [-0.05, 0) is 47.5 Å². The number of anilines is 1. The Balaban J connectivity index is 1.49. The number of amides is 2. The van der Waals surface area contributed by atoms with Crippen molar-refractivity contribution in [1.82, 2.24) is 15.0 Å². The first-order valence-corrected chi connectivity index (χ1v) is 10.6. The fourth-order valence-corrected chi connectivity index (χ4v) is 3.54. The maximum atomic E-state index is 12.2. The number of carbonyl (C=O) groups excluding carboxylic acids is 1. The molecule has 7 nitrogen and oxygen atoms in total. The fraction of sp³-hybridized carbons (Fsp3) is 0.100. The largest absolute Gasteiger partial charge is 0.334 e. The van der Waals surface area contributed by atoms with Crippen molar-refractivity contribution < 1.29 is 13.2 Å². The number of benzene rings is 2. The minimum Gasteiger partial charge on any atom is -0.334 e. The Hall–Kier alpha value is -2.94. The lowest BCUT2D eigenvalue weighted by molar-refractivity contribution is 0.251.